The predicted octanol–water partition coefficient (Wildman–Crippen LogP) is 2.07. The van der Waals surface area contributed by atoms with E-state index in [1.165, 1.54) is 23.7 Å². The van der Waals surface area contributed by atoms with Crippen LogP contribution in [0, 0.1) is 17.0 Å². The van der Waals surface area contributed by atoms with Crippen molar-refractivity contribution in [3.63, 3.8) is 0 Å². The quantitative estimate of drug-likeness (QED) is 0.520. The molecule has 3 rings (SSSR count). The van der Waals surface area contributed by atoms with Gasteiger partial charge in [0, 0.05) is 17.2 Å². The van der Waals surface area contributed by atoms with Gasteiger partial charge in [0.05, 0.1) is 4.92 Å². The average molecular weight is 261 g/mol. The first kappa shape index (κ1) is 10.8. The first-order valence-electron chi connectivity index (χ1n) is 5.07. The molecule has 0 saturated heterocycles. The molecule has 2 heterocycles. The number of nitro benzene ring substituents is 1. The van der Waals surface area contributed by atoms with Crippen LogP contribution in [0.1, 0.15) is 5.56 Å². The molecule has 90 valence electrons. The smallest absolute Gasteiger partial charge is 0.258 e. The van der Waals surface area contributed by atoms with Gasteiger partial charge in [0.15, 0.2) is 0 Å². The second kappa shape index (κ2) is 3.84. The van der Waals surface area contributed by atoms with Crippen LogP contribution >= 0.6 is 11.3 Å². The van der Waals surface area contributed by atoms with Gasteiger partial charge in [0.2, 0.25) is 4.96 Å². The summed E-state index contributed by atoms with van der Waals surface area (Å²) in [7, 11) is 0. The summed E-state index contributed by atoms with van der Waals surface area (Å²) in [5, 5.41) is 23.4. The fourth-order valence-electron chi connectivity index (χ4n) is 1.67. The lowest BCUT2D eigenvalue weighted by molar-refractivity contribution is -0.385. The van der Waals surface area contributed by atoms with E-state index in [2.05, 4.69) is 15.3 Å². The van der Waals surface area contributed by atoms with Crippen molar-refractivity contribution >= 4 is 22.0 Å². The summed E-state index contributed by atoms with van der Waals surface area (Å²) in [6.07, 6.45) is 1.52. The molecule has 0 aliphatic carbocycles. The van der Waals surface area contributed by atoms with Gasteiger partial charge in [-0.3, -0.25) is 10.1 Å². The molecule has 0 aliphatic heterocycles. The molecule has 7 nitrogen and oxygen atoms in total. The zero-order chi connectivity index (χ0) is 12.7. The molecule has 0 unspecified atom stereocenters. The SMILES string of the molecule is Cc1cc(-c2nn3cnnc3s2)ccc1[N+](=O)[O-]. The van der Waals surface area contributed by atoms with Gasteiger partial charge < -0.3 is 0 Å². The van der Waals surface area contributed by atoms with Gasteiger partial charge in [0.25, 0.3) is 5.69 Å². The van der Waals surface area contributed by atoms with Gasteiger partial charge in [-0.1, -0.05) is 11.3 Å². The zero-order valence-corrected chi connectivity index (χ0v) is 10.1. The molecule has 0 fully saturated rings. The van der Waals surface area contributed by atoms with Crippen molar-refractivity contribution in [2.75, 3.05) is 0 Å². The maximum absolute atomic E-state index is 10.7. The van der Waals surface area contributed by atoms with E-state index in [9.17, 15) is 10.1 Å². The van der Waals surface area contributed by atoms with E-state index in [1.807, 2.05) is 0 Å². The molecule has 1 aromatic carbocycles. The van der Waals surface area contributed by atoms with Crippen molar-refractivity contribution < 1.29 is 4.92 Å². The fourth-order valence-corrected chi connectivity index (χ4v) is 2.49. The third-order valence-electron chi connectivity index (χ3n) is 2.53. The Morgan fingerprint density at radius 3 is 2.94 bits per heavy atom. The monoisotopic (exact) mass is 261 g/mol. The van der Waals surface area contributed by atoms with E-state index in [0.29, 0.717) is 10.5 Å². The maximum atomic E-state index is 10.7. The van der Waals surface area contributed by atoms with Crippen molar-refractivity contribution in [1.29, 1.82) is 0 Å². The Bertz CT molecular complexity index is 719. The predicted molar refractivity (Wildman–Crippen MR) is 65.5 cm³/mol. The van der Waals surface area contributed by atoms with Crippen molar-refractivity contribution in [1.82, 2.24) is 19.8 Å². The van der Waals surface area contributed by atoms with E-state index < -0.39 is 4.92 Å². The number of rotatable bonds is 2. The summed E-state index contributed by atoms with van der Waals surface area (Å²) in [6, 6.07) is 4.94. The van der Waals surface area contributed by atoms with Gasteiger partial charge in [-0.25, -0.2) is 0 Å². The second-order valence-corrected chi connectivity index (χ2v) is 4.68. The molecule has 0 aliphatic rings. The minimum atomic E-state index is -0.391. The van der Waals surface area contributed by atoms with Crippen molar-refractivity contribution in [2.24, 2.45) is 0 Å². The topological polar surface area (TPSA) is 86.2 Å². The Morgan fingerprint density at radius 2 is 2.28 bits per heavy atom. The van der Waals surface area contributed by atoms with Gasteiger partial charge >= 0.3 is 0 Å². The summed E-state index contributed by atoms with van der Waals surface area (Å²) >= 11 is 1.39. The highest BCUT2D eigenvalue weighted by Crippen LogP contribution is 2.28. The van der Waals surface area contributed by atoms with E-state index in [1.54, 1.807) is 23.6 Å². The Kier molecular flexibility index (Phi) is 2.30. The second-order valence-electron chi connectivity index (χ2n) is 3.72. The van der Waals surface area contributed by atoms with Gasteiger partial charge in [-0.05, 0) is 19.1 Å². The summed E-state index contributed by atoms with van der Waals surface area (Å²) < 4.78 is 1.58. The molecule has 0 spiro atoms. The van der Waals surface area contributed by atoms with Crippen molar-refractivity contribution in [3.05, 3.63) is 40.2 Å². The zero-order valence-electron chi connectivity index (χ0n) is 9.27. The Labute approximate surface area is 105 Å². The summed E-state index contributed by atoms with van der Waals surface area (Å²) in [5.41, 5.74) is 1.57. The third kappa shape index (κ3) is 1.63. The number of hydrogen-bond acceptors (Lipinski definition) is 6. The van der Waals surface area contributed by atoms with Crippen LogP contribution in [0.4, 0.5) is 5.69 Å². The van der Waals surface area contributed by atoms with E-state index in [0.717, 1.165) is 10.6 Å². The van der Waals surface area contributed by atoms with Crippen molar-refractivity contribution in [3.8, 4) is 10.6 Å². The van der Waals surface area contributed by atoms with Gasteiger partial charge in [0.1, 0.15) is 11.3 Å². The Balaban J connectivity index is 2.09. The molecule has 0 atom stereocenters. The lowest BCUT2D eigenvalue weighted by atomic mass is 10.1. The standard InChI is InChI=1S/C10H7N5O2S/c1-6-4-7(2-3-8(6)15(16)17)9-13-14-5-11-12-10(14)18-9/h2-5H,1H3. The largest absolute Gasteiger partial charge is 0.272 e. The van der Waals surface area contributed by atoms with Crippen LogP contribution in [0.25, 0.3) is 15.5 Å². The van der Waals surface area contributed by atoms with Crippen molar-refractivity contribution in [2.45, 2.75) is 6.92 Å². The molecular formula is C10H7N5O2S. The number of benzene rings is 1. The number of aromatic nitrogens is 4. The summed E-state index contributed by atoms with van der Waals surface area (Å²) in [4.78, 5) is 11.0. The minimum absolute atomic E-state index is 0.113. The molecule has 0 amide bonds. The highest BCUT2D eigenvalue weighted by atomic mass is 32.1. The number of fused-ring (bicyclic) bond motifs is 1. The molecule has 3 aromatic rings. The molecule has 0 bridgehead atoms. The summed E-state index contributed by atoms with van der Waals surface area (Å²) in [5.74, 6) is 0. The number of aryl methyl sites for hydroxylation is 1. The molecule has 0 radical (unpaired) electrons. The van der Waals surface area contributed by atoms with Crippen LogP contribution < -0.4 is 0 Å². The molecule has 8 heteroatoms. The highest BCUT2D eigenvalue weighted by Gasteiger charge is 2.13. The average Bonchev–Trinajstić information content (AvgIpc) is 2.87. The van der Waals surface area contributed by atoms with E-state index >= 15 is 0 Å². The fraction of sp³-hybridized carbons (Fsp3) is 0.100. The van der Waals surface area contributed by atoms with E-state index in [4.69, 9.17) is 0 Å². The first-order valence-corrected chi connectivity index (χ1v) is 5.89. The Morgan fingerprint density at radius 1 is 1.44 bits per heavy atom. The van der Waals surface area contributed by atoms with E-state index in [-0.39, 0.29) is 5.69 Å². The third-order valence-corrected chi connectivity index (χ3v) is 3.49. The minimum Gasteiger partial charge on any atom is -0.258 e. The van der Waals surface area contributed by atoms with Crippen LogP contribution in [-0.2, 0) is 0 Å². The highest BCUT2D eigenvalue weighted by molar-refractivity contribution is 7.19. The first-order chi connectivity index (χ1) is 8.65. The van der Waals surface area contributed by atoms with Crippen LogP contribution in [0.5, 0.6) is 0 Å². The van der Waals surface area contributed by atoms with Gasteiger partial charge in [-0.15, -0.1) is 10.2 Å². The lowest BCUT2D eigenvalue weighted by Crippen LogP contribution is -1.92. The van der Waals surface area contributed by atoms with Crippen LogP contribution in [0.15, 0.2) is 24.5 Å². The molecule has 0 saturated carbocycles. The number of hydrogen-bond donors (Lipinski definition) is 0. The molecule has 0 N–H and O–H groups in total. The van der Waals surface area contributed by atoms with Crippen LogP contribution in [-0.4, -0.2) is 24.7 Å². The van der Waals surface area contributed by atoms with Crippen LogP contribution in [0.2, 0.25) is 0 Å². The molecule has 18 heavy (non-hydrogen) atoms. The molecular weight excluding hydrogens is 254 g/mol. The normalized spacial score (nSPS) is 10.9. The maximum Gasteiger partial charge on any atom is 0.272 e. The lowest BCUT2D eigenvalue weighted by Gasteiger charge is -1.99. The number of nitro groups is 1. The number of nitrogens with zero attached hydrogens (tertiary/aromatic N) is 5. The molecule has 2 aromatic heterocycles. The van der Waals surface area contributed by atoms with Gasteiger partial charge in [-0.2, -0.15) is 9.61 Å². The summed E-state index contributed by atoms with van der Waals surface area (Å²) in [6.45, 7) is 1.71. The van der Waals surface area contributed by atoms with Crippen LogP contribution in [0.3, 0.4) is 0 Å². The Hall–Kier alpha value is -2.35.